The van der Waals surface area contributed by atoms with Crippen LogP contribution in [-0.2, 0) is 6.54 Å². The molecule has 0 N–H and O–H groups in total. The Morgan fingerprint density at radius 1 is 1.26 bits per heavy atom. The largest absolute Gasteiger partial charge is 0.496 e. The fourth-order valence-corrected chi connectivity index (χ4v) is 4.14. The average Bonchev–Trinajstić information content (AvgIpc) is 3.27. The summed E-state index contributed by atoms with van der Waals surface area (Å²) in [7, 11) is 1.41. The number of furan rings is 1. The molecule has 4 aromatic rings. The third-order valence-corrected chi connectivity index (χ3v) is 5.78. The number of rotatable bonds is 7. The van der Waals surface area contributed by atoms with Gasteiger partial charge in [-0.1, -0.05) is 23.4 Å². The molecular weight excluding hydrogens is 443 g/mol. The van der Waals surface area contributed by atoms with Crippen molar-refractivity contribution in [1.29, 1.82) is 0 Å². The number of benzene rings is 2. The smallest absolute Gasteiger partial charge is 0.262 e. The minimum atomic E-state index is -0.539. The standard InChI is InChI=1S/C22H16ClFN2O4S/c1-29-20-7-5-14(24)10-17(20)19(27)12-31-22-25-18-9-13(23)4-6-16(18)21(28)26(22)11-15-3-2-8-30-15/h2-10H,11-12H2,1H3. The highest BCUT2D eigenvalue weighted by atomic mass is 35.5. The number of nitrogens with zero attached hydrogens (tertiary/aromatic N) is 2. The van der Waals surface area contributed by atoms with E-state index in [-0.39, 0.29) is 35.0 Å². The lowest BCUT2D eigenvalue weighted by Gasteiger charge is -2.13. The molecule has 0 saturated carbocycles. The van der Waals surface area contributed by atoms with E-state index in [2.05, 4.69) is 4.98 Å². The Morgan fingerprint density at radius 3 is 2.84 bits per heavy atom. The molecule has 2 heterocycles. The molecule has 0 atom stereocenters. The lowest BCUT2D eigenvalue weighted by molar-refractivity contribution is 0.101. The molecule has 0 aliphatic carbocycles. The molecule has 2 aromatic heterocycles. The highest BCUT2D eigenvalue weighted by Gasteiger charge is 2.18. The zero-order valence-corrected chi connectivity index (χ0v) is 17.9. The van der Waals surface area contributed by atoms with Gasteiger partial charge in [0.1, 0.15) is 17.3 Å². The van der Waals surface area contributed by atoms with E-state index in [1.807, 2.05) is 0 Å². The zero-order valence-electron chi connectivity index (χ0n) is 16.3. The van der Waals surface area contributed by atoms with Gasteiger partial charge in [0.25, 0.3) is 5.56 Å². The molecule has 0 unspecified atom stereocenters. The summed E-state index contributed by atoms with van der Waals surface area (Å²) in [5.41, 5.74) is 0.265. The van der Waals surface area contributed by atoms with E-state index in [1.54, 1.807) is 30.3 Å². The summed E-state index contributed by atoms with van der Waals surface area (Å²) in [6.45, 7) is 0.150. The predicted octanol–water partition coefficient (Wildman–Crippen LogP) is 4.81. The molecule has 0 fully saturated rings. The van der Waals surface area contributed by atoms with Crippen LogP contribution in [0.2, 0.25) is 5.02 Å². The normalized spacial score (nSPS) is 11.1. The number of ketones is 1. The number of ether oxygens (including phenoxy) is 1. The second-order valence-corrected chi connectivity index (χ2v) is 7.96. The number of methoxy groups -OCH3 is 1. The first kappa shape index (κ1) is 21.1. The lowest BCUT2D eigenvalue weighted by Crippen LogP contribution is -2.24. The van der Waals surface area contributed by atoms with Crippen molar-refractivity contribution in [1.82, 2.24) is 9.55 Å². The van der Waals surface area contributed by atoms with Crippen LogP contribution >= 0.6 is 23.4 Å². The van der Waals surface area contributed by atoms with Gasteiger partial charge in [0.15, 0.2) is 10.9 Å². The van der Waals surface area contributed by atoms with Crippen LogP contribution in [0.25, 0.3) is 10.9 Å². The van der Waals surface area contributed by atoms with Gasteiger partial charge >= 0.3 is 0 Å². The Morgan fingerprint density at radius 2 is 2.10 bits per heavy atom. The van der Waals surface area contributed by atoms with Crippen LogP contribution in [0.3, 0.4) is 0 Å². The van der Waals surface area contributed by atoms with Gasteiger partial charge in [-0.05, 0) is 48.5 Å². The Labute approximate surface area is 185 Å². The van der Waals surface area contributed by atoms with E-state index in [0.717, 1.165) is 17.8 Å². The second-order valence-electron chi connectivity index (χ2n) is 6.58. The Kier molecular flexibility index (Phi) is 6.11. The molecule has 0 radical (unpaired) electrons. The van der Waals surface area contributed by atoms with Crippen LogP contribution in [0.5, 0.6) is 5.75 Å². The molecule has 0 spiro atoms. The minimum Gasteiger partial charge on any atom is -0.496 e. The Hall–Kier alpha value is -3.10. The van der Waals surface area contributed by atoms with Gasteiger partial charge < -0.3 is 9.15 Å². The number of hydrogen-bond acceptors (Lipinski definition) is 6. The molecule has 0 bridgehead atoms. The maximum absolute atomic E-state index is 13.7. The van der Waals surface area contributed by atoms with E-state index in [9.17, 15) is 14.0 Å². The summed E-state index contributed by atoms with van der Waals surface area (Å²) in [5, 5.41) is 1.16. The van der Waals surface area contributed by atoms with Crippen molar-refractivity contribution < 1.29 is 18.3 Å². The van der Waals surface area contributed by atoms with Crippen LogP contribution in [0.4, 0.5) is 4.39 Å². The average molecular weight is 459 g/mol. The van der Waals surface area contributed by atoms with Gasteiger partial charge in [-0.15, -0.1) is 0 Å². The maximum Gasteiger partial charge on any atom is 0.262 e. The number of fused-ring (bicyclic) bond motifs is 1. The van der Waals surface area contributed by atoms with Gasteiger partial charge in [0, 0.05) is 5.02 Å². The molecule has 4 rings (SSSR count). The molecule has 31 heavy (non-hydrogen) atoms. The monoisotopic (exact) mass is 458 g/mol. The first-order chi connectivity index (χ1) is 15.0. The van der Waals surface area contributed by atoms with E-state index in [4.69, 9.17) is 20.8 Å². The molecule has 6 nitrogen and oxygen atoms in total. The van der Waals surface area contributed by atoms with Gasteiger partial charge in [-0.25, -0.2) is 9.37 Å². The number of hydrogen-bond donors (Lipinski definition) is 0. The summed E-state index contributed by atoms with van der Waals surface area (Å²) in [4.78, 5) is 30.4. The van der Waals surface area contributed by atoms with Crippen molar-refractivity contribution in [3.63, 3.8) is 0 Å². The van der Waals surface area contributed by atoms with E-state index in [0.29, 0.717) is 26.8 Å². The van der Waals surface area contributed by atoms with Gasteiger partial charge in [-0.2, -0.15) is 0 Å². The Bertz CT molecular complexity index is 1320. The molecule has 0 aliphatic heterocycles. The van der Waals surface area contributed by atoms with Crippen molar-refractivity contribution in [3.05, 3.63) is 87.3 Å². The summed E-state index contributed by atoms with van der Waals surface area (Å²) in [6, 6.07) is 12.0. The topological polar surface area (TPSA) is 74.3 Å². The van der Waals surface area contributed by atoms with Crippen LogP contribution in [0, 0.1) is 5.82 Å². The summed E-state index contributed by atoms with van der Waals surface area (Å²) < 4.78 is 25.6. The predicted molar refractivity (Wildman–Crippen MR) is 117 cm³/mol. The molecule has 0 aliphatic rings. The van der Waals surface area contributed by atoms with Crippen LogP contribution in [-0.4, -0.2) is 28.2 Å². The lowest BCUT2D eigenvalue weighted by atomic mass is 10.1. The van der Waals surface area contributed by atoms with Crippen molar-refractivity contribution in [3.8, 4) is 5.75 Å². The van der Waals surface area contributed by atoms with E-state index < -0.39 is 5.82 Å². The molecule has 0 saturated heterocycles. The number of Topliss-reactive ketones (excluding diaryl/α,β-unsaturated/α-hetero) is 1. The minimum absolute atomic E-state index is 0.0729. The summed E-state index contributed by atoms with van der Waals surface area (Å²) >= 11 is 7.13. The number of carbonyl (C=O) groups excluding carboxylic acids is 1. The maximum atomic E-state index is 13.7. The molecule has 2 aromatic carbocycles. The molecule has 0 amide bonds. The SMILES string of the molecule is COc1ccc(F)cc1C(=O)CSc1nc2cc(Cl)ccc2c(=O)n1Cc1ccco1. The van der Waals surface area contributed by atoms with E-state index in [1.165, 1.54) is 30.1 Å². The first-order valence-corrected chi connectivity index (χ1v) is 10.5. The van der Waals surface area contributed by atoms with Crippen LogP contribution < -0.4 is 10.3 Å². The second kappa shape index (κ2) is 8.95. The highest BCUT2D eigenvalue weighted by Crippen LogP contribution is 2.25. The summed E-state index contributed by atoms with van der Waals surface area (Å²) in [5.74, 6) is -0.125. The fourth-order valence-electron chi connectivity index (χ4n) is 3.09. The zero-order chi connectivity index (χ0) is 22.0. The van der Waals surface area contributed by atoms with Crippen molar-refractivity contribution >= 4 is 40.0 Å². The van der Waals surface area contributed by atoms with Gasteiger partial charge in [0.2, 0.25) is 0 Å². The molecule has 158 valence electrons. The third kappa shape index (κ3) is 4.50. The van der Waals surface area contributed by atoms with E-state index >= 15 is 0 Å². The number of thioether (sulfide) groups is 1. The van der Waals surface area contributed by atoms with Crippen molar-refractivity contribution in [2.24, 2.45) is 0 Å². The number of aromatic nitrogens is 2. The Balaban J connectivity index is 1.71. The molecular formula is C22H16ClFN2O4S. The first-order valence-electron chi connectivity index (χ1n) is 9.18. The van der Waals surface area contributed by atoms with Gasteiger partial charge in [-0.3, -0.25) is 14.2 Å². The van der Waals surface area contributed by atoms with Crippen LogP contribution in [0.1, 0.15) is 16.1 Å². The number of halogens is 2. The van der Waals surface area contributed by atoms with Crippen LogP contribution in [0.15, 0.2) is 69.2 Å². The fraction of sp³-hybridized carbons (Fsp3) is 0.136. The van der Waals surface area contributed by atoms with Crippen molar-refractivity contribution in [2.75, 3.05) is 12.9 Å². The number of carbonyl (C=O) groups is 1. The van der Waals surface area contributed by atoms with Crippen molar-refractivity contribution in [2.45, 2.75) is 11.7 Å². The molecule has 9 heteroatoms. The quantitative estimate of drug-likeness (QED) is 0.225. The highest BCUT2D eigenvalue weighted by molar-refractivity contribution is 7.99. The van der Waals surface area contributed by atoms with Gasteiger partial charge in [0.05, 0.1) is 42.1 Å². The third-order valence-electron chi connectivity index (χ3n) is 4.57. The summed E-state index contributed by atoms with van der Waals surface area (Å²) in [6.07, 6.45) is 1.52.